The molecule has 1 saturated heterocycles. The van der Waals surface area contributed by atoms with Gasteiger partial charge >= 0.3 is 6.03 Å². The average molecular weight is 335 g/mol. The van der Waals surface area contributed by atoms with Crippen molar-refractivity contribution in [3.8, 4) is 0 Å². The van der Waals surface area contributed by atoms with E-state index in [1.54, 1.807) is 11.2 Å². The van der Waals surface area contributed by atoms with Gasteiger partial charge in [-0.3, -0.25) is 0 Å². The Morgan fingerprint density at radius 3 is 2.79 bits per heavy atom. The number of hydrogen-bond donors (Lipinski definition) is 1. The molecule has 1 N–H and O–H groups in total. The van der Waals surface area contributed by atoms with E-state index in [2.05, 4.69) is 15.4 Å². The number of nitrogens with zero attached hydrogens (tertiary/aromatic N) is 4. The van der Waals surface area contributed by atoms with Gasteiger partial charge in [-0.15, -0.1) is 0 Å². The lowest BCUT2D eigenvalue weighted by molar-refractivity contribution is 0.168. The molecular formula is C16H19F2N5O. The summed E-state index contributed by atoms with van der Waals surface area (Å²) in [5, 5.41) is 6.89. The number of likely N-dealkylation sites (tertiary alicyclic amines) is 1. The summed E-state index contributed by atoms with van der Waals surface area (Å²) in [6.07, 6.45) is 5.08. The van der Waals surface area contributed by atoms with Gasteiger partial charge in [0.2, 0.25) is 0 Å². The molecule has 2 heterocycles. The normalized spacial score (nSPS) is 15.5. The Kier molecular flexibility index (Phi) is 5.02. The zero-order valence-corrected chi connectivity index (χ0v) is 13.2. The highest BCUT2D eigenvalue weighted by Gasteiger charge is 2.23. The molecule has 1 aliphatic rings. The van der Waals surface area contributed by atoms with Crippen LogP contribution in [0.25, 0.3) is 0 Å². The minimum Gasteiger partial charge on any atom is -0.338 e. The van der Waals surface area contributed by atoms with Crippen LogP contribution in [-0.4, -0.2) is 45.3 Å². The molecule has 3 rings (SSSR count). The monoisotopic (exact) mass is 335 g/mol. The van der Waals surface area contributed by atoms with Crippen LogP contribution in [0, 0.1) is 11.6 Å². The fourth-order valence-corrected chi connectivity index (χ4v) is 2.89. The molecule has 0 radical (unpaired) electrons. The molecule has 1 aromatic heterocycles. The number of hydrogen-bond acceptors (Lipinski definition) is 3. The SMILES string of the molecule is O=C(NCCc1cc(F)ccc1F)N1CCC(n2cncn2)CC1. The fourth-order valence-electron chi connectivity index (χ4n) is 2.89. The standard InChI is InChI=1S/C16H19F2N5O/c17-13-1-2-15(18)12(9-13)3-6-20-16(24)22-7-4-14(5-8-22)23-11-19-10-21-23/h1-2,9-11,14H,3-8H2,(H,20,24). The van der Waals surface area contributed by atoms with E-state index < -0.39 is 11.6 Å². The Balaban J connectivity index is 1.44. The van der Waals surface area contributed by atoms with Crippen LogP contribution in [0.3, 0.4) is 0 Å². The molecule has 1 fully saturated rings. The molecule has 128 valence electrons. The highest BCUT2D eigenvalue weighted by Crippen LogP contribution is 2.21. The zero-order chi connectivity index (χ0) is 16.9. The average Bonchev–Trinajstić information content (AvgIpc) is 3.12. The highest BCUT2D eigenvalue weighted by atomic mass is 19.1. The van der Waals surface area contributed by atoms with Gasteiger partial charge in [0.1, 0.15) is 24.3 Å². The first-order valence-electron chi connectivity index (χ1n) is 7.94. The fraction of sp³-hybridized carbons (Fsp3) is 0.438. The van der Waals surface area contributed by atoms with Crippen molar-refractivity contribution in [2.45, 2.75) is 25.3 Å². The summed E-state index contributed by atoms with van der Waals surface area (Å²) < 4.78 is 28.4. The summed E-state index contributed by atoms with van der Waals surface area (Å²) in [6.45, 7) is 1.53. The van der Waals surface area contributed by atoms with Gasteiger partial charge in [-0.1, -0.05) is 0 Å². The third-order valence-corrected chi connectivity index (χ3v) is 4.24. The Morgan fingerprint density at radius 2 is 2.08 bits per heavy atom. The molecule has 1 aliphatic heterocycles. The van der Waals surface area contributed by atoms with Crippen LogP contribution in [-0.2, 0) is 6.42 Å². The largest absolute Gasteiger partial charge is 0.338 e. The minimum atomic E-state index is -0.479. The molecule has 0 atom stereocenters. The van der Waals surface area contributed by atoms with Crippen LogP contribution in [0.1, 0.15) is 24.4 Å². The summed E-state index contributed by atoms with van der Waals surface area (Å²) >= 11 is 0. The quantitative estimate of drug-likeness (QED) is 0.931. The van der Waals surface area contributed by atoms with Crippen LogP contribution in [0.5, 0.6) is 0 Å². The highest BCUT2D eigenvalue weighted by molar-refractivity contribution is 5.74. The van der Waals surface area contributed by atoms with E-state index in [1.807, 2.05) is 4.68 Å². The van der Waals surface area contributed by atoms with Gasteiger partial charge in [-0.05, 0) is 43.0 Å². The van der Waals surface area contributed by atoms with Crippen molar-refractivity contribution in [2.75, 3.05) is 19.6 Å². The summed E-state index contributed by atoms with van der Waals surface area (Å²) in [5.41, 5.74) is 0.264. The number of aromatic nitrogens is 3. The van der Waals surface area contributed by atoms with Gasteiger partial charge in [0.05, 0.1) is 6.04 Å². The van der Waals surface area contributed by atoms with Crippen molar-refractivity contribution in [3.63, 3.8) is 0 Å². The van der Waals surface area contributed by atoms with E-state index in [4.69, 9.17) is 0 Å². The second kappa shape index (κ2) is 7.37. The van der Waals surface area contributed by atoms with E-state index in [9.17, 15) is 13.6 Å². The second-order valence-electron chi connectivity index (χ2n) is 5.81. The van der Waals surface area contributed by atoms with Gasteiger partial charge in [0, 0.05) is 19.6 Å². The lowest BCUT2D eigenvalue weighted by Crippen LogP contribution is -2.45. The van der Waals surface area contributed by atoms with Gasteiger partial charge in [-0.2, -0.15) is 5.10 Å². The van der Waals surface area contributed by atoms with Gasteiger partial charge in [0.25, 0.3) is 0 Å². The molecule has 1 aromatic carbocycles. The first-order chi connectivity index (χ1) is 11.6. The van der Waals surface area contributed by atoms with Gasteiger partial charge < -0.3 is 10.2 Å². The van der Waals surface area contributed by atoms with Crippen molar-refractivity contribution in [1.29, 1.82) is 0 Å². The topological polar surface area (TPSA) is 63.1 Å². The lowest BCUT2D eigenvalue weighted by Gasteiger charge is -2.31. The maximum Gasteiger partial charge on any atom is 0.317 e. The molecule has 24 heavy (non-hydrogen) atoms. The molecule has 0 aliphatic carbocycles. The summed E-state index contributed by atoms with van der Waals surface area (Å²) in [5.74, 6) is -0.938. The van der Waals surface area contributed by atoms with Crippen LogP contribution in [0.2, 0.25) is 0 Å². The zero-order valence-electron chi connectivity index (χ0n) is 13.2. The Hall–Kier alpha value is -2.51. The number of benzene rings is 1. The third kappa shape index (κ3) is 3.87. The van der Waals surface area contributed by atoms with Crippen molar-refractivity contribution in [2.24, 2.45) is 0 Å². The first-order valence-corrected chi connectivity index (χ1v) is 7.94. The summed E-state index contributed by atoms with van der Waals surface area (Å²) in [7, 11) is 0. The molecule has 0 saturated carbocycles. The number of carbonyl (C=O) groups is 1. The van der Waals surface area contributed by atoms with E-state index in [1.165, 1.54) is 6.33 Å². The maximum absolute atomic E-state index is 13.5. The molecule has 2 amide bonds. The van der Waals surface area contributed by atoms with Crippen LogP contribution < -0.4 is 5.32 Å². The molecule has 0 spiro atoms. The van der Waals surface area contributed by atoms with Crippen molar-refractivity contribution >= 4 is 6.03 Å². The smallest absolute Gasteiger partial charge is 0.317 e. The predicted molar refractivity (Wildman–Crippen MR) is 83.3 cm³/mol. The van der Waals surface area contributed by atoms with E-state index in [0.717, 1.165) is 31.0 Å². The molecule has 6 nitrogen and oxygen atoms in total. The summed E-state index contributed by atoms with van der Waals surface area (Å²) in [4.78, 5) is 17.8. The molecule has 0 bridgehead atoms. The first kappa shape index (κ1) is 16.4. The van der Waals surface area contributed by atoms with Crippen molar-refractivity contribution in [1.82, 2.24) is 25.0 Å². The van der Waals surface area contributed by atoms with Crippen LogP contribution in [0.15, 0.2) is 30.9 Å². The van der Waals surface area contributed by atoms with Crippen LogP contribution in [0.4, 0.5) is 13.6 Å². The van der Waals surface area contributed by atoms with E-state index in [-0.39, 0.29) is 30.6 Å². The maximum atomic E-state index is 13.5. The molecule has 2 aromatic rings. The van der Waals surface area contributed by atoms with E-state index in [0.29, 0.717) is 13.1 Å². The number of urea groups is 1. The molecule has 8 heteroatoms. The van der Waals surface area contributed by atoms with Crippen LogP contribution >= 0.6 is 0 Å². The lowest BCUT2D eigenvalue weighted by atomic mass is 10.1. The third-order valence-electron chi connectivity index (χ3n) is 4.24. The van der Waals surface area contributed by atoms with Crippen molar-refractivity contribution < 1.29 is 13.6 Å². The Bertz CT molecular complexity index is 684. The number of rotatable bonds is 4. The number of nitrogens with one attached hydrogen (secondary N) is 1. The number of carbonyl (C=O) groups excluding carboxylic acids is 1. The number of piperidine rings is 1. The second-order valence-corrected chi connectivity index (χ2v) is 5.81. The van der Waals surface area contributed by atoms with E-state index >= 15 is 0 Å². The van der Waals surface area contributed by atoms with Crippen molar-refractivity contribution in [3.05, 3.63) is 48.1 Å². The molecule has 0 unspecified atom stereocenters. The predicted octanol–water partition coefficient (Wildman–Crippen LogP) is 2.15. The van der Waals surface area contributed by atoms with Gasteiger partial charge in [-0.25, -0.2) is 23.2 Å². The number of halogens is 2. The van der Waals surface area contributed by atoms with Gasteiger partial charge in [0.15, 0.2) is 0 Å². The Labute approximate surface area is 138 Å². The molecular weight excluding hydrogens is 316 g/mol. The summed E-state index contributed by atoms with van der Waals surface area (Å²) in [6, 6.07) is 3.42. The minimum absolute atomic E-state index is 0.177. The Morgan fingerprint density at radius 1 is 1.29 bits per heavy atom. The number of amides is 2.